The van der Waals surface area contributed by atoms with Gasteiger partial charge in [0.05, 0.1) is 18.8 Å². The van der Waals surface area contributed by atoms with Crippen molar-refractivity contribution in [2.45, 2.75) is 56.8 Å². The maximum atomic E-state index is 5.83. The van der Waals surface area contributed by atoms with Crippen LogP contribution in [0, 0.1) is 5.92 Å². The van der Waals surface area contributed by atoms with Crippen LogP contribution in [-0.2, 0) is 15.0 Å². The minimum absolute atomic E-state index is 0.0526. The zero-order valence-electron chi connectivity index (χ0n) is 15.5. The van der Waals surface area contributed by atoms with Crippen LogP contribution in [0.4, 0.5) is 0 Å². The van der Waals surface area contributed by atoms with Crippen LogP contribution in [0.2, 0.25) is 0 Å². The summed E-state index contributed by atoms with van der Waals surface area (Å²) in [5.74, 6) is 0.574. The second kappa shape index (κ2) is 7.23. The number of piperidine rings is 1. The lowest BCUT2D eigenvalue weighted by Gasteiger charge is -2.49. The topological polar surface area (TPSA) is 21.7 Å². The molecule has 0 spiro atoms. The van der Waals surface area contributed by atoms with Crippen molar-refractivity contribution in [1.82, 2.24) is 4.90 Å². The molecular weight excluding hydrogens is 342 g/mol. The Hall–Kier alpha value is -0.940. The smallest absolute Gasteiger partial charge is 0.160 e. The lowest BCUT2D eigenvalue weighted by molar-refractivity contribution is -0.107. The molecule has 1 aromatic carbocycles. The molecule has 3 aliphatic rings. The van der Waals surface area contributed by atoms with Gasteiger partial charge in [-0.15, -0.1) is 11.3 Å². The Balaban J connectivity index is 1.45. The van der Waals surface area contributed by atoms with Gasteiger partial charge in [-0.3, -0.25) is 4.90 Å². The Morgan fingerprint density at radius 3 is 2.42 bits per heavy atom. The van der Waals surface area contributed by atoms with Crippen LogP contribution in [-0.4, -0.2) is 37.5 Å². The third kappa shape index (κ3) is 3.01. The molecule has 0 atom stereocenters. The minimum atomic E-state index is 0.0526. The maximum absolute atomic E-state index is 5.83. The van der Waals surface area contributed by atoms with Gasteiger partial charge in [-0.05, 0) is 69.1 Å². The number of hydrogen-bond donors (Lipinski definition) is 0. The summed E-state index contributed by atoms with van der Waals surface area (Å²) in [5.41, 5.74) is 0.235. The van der Waals surface area contributed by atoms with Crippen molar-refractivity contribution in [2.75, 3.05) is 26.3 Å². The standard InChI is InChI=1S/C22H29NO2S/c1-4-12-23(13-5-1)22(20-16-18-6-2-3-7-19(18)26-20)10-8-17(9-11-22)21-24-14-15-25-21/h2-3,6-7,16-17,21H,1,4-5,8-15H2. The van der Waals surface area contributed by atoms with Crippen LogP contribution in [0.1, 0.15) is 49.8 Å². The molecule has 2 aromatic rings. The molecule has 1 saturated carbocycles. The highest BCUT2D eigenvalue weighted by Crippen LogP contribution is 2.49. The average Bonchev–Trinajstić information content (AvgIpc) is 3.39. The first-order valence-electron chi connectivity index (χ1n) is 10.3. The van der Waals surface area contributed by atoms with E-state index in [1.165, 1.54) is 68.1 Å². The number of hydrogen-bond acceptors (Lipinski definition) is 4. The quantitative estimate of drug-likeness (QED) is 0.745. The van der Waals surface area contributed by atoms with Crippen molar-refractivity contribution in [2.24, 2.45) is 5.92 Å². The van der Waals surface area contributed by atoms with Gasteiger partial charge in [-0.1, -0.05) is 24.6 Å². The fraction of sp³-hybridized carbons (Fsp3) is 0.636. The highest BCUT2D eigenvalue weighted by Gasteiger charge is 2.45. The molecular formula is C22H29NO2S. The van der Waals surface area contributed by atoms with Gasteiger partial charge in [-0.25, -0.2) is 0 Å². The van der Waals surface area contributed by atoms with Crippen LogP contribution in [0.15, 0.2) is 30.3 Å². The predicted molar refractivity (Wildman–Crippen MR) is 107 cm³/mol. The van der Waals surface area contributed by atoms with Crippen molar-refractivity contribution in [3.8, 4) is 0 Å². The van der Waals surface area contributed by atoms with E-state index in [4.69, 9.17) is 9.47 Å². The van der Waals surface area contributed by atoms with Crippen LogP contribution in [0.25, 0.3) is 10.1 Å². The largest absolute Gasteiger partial charge is 0.350 e. The highest BCUT2D eigenvalue weighted by molar-refractivity contribution is 7.19. The summed E-state index contributed by atoms with van der Waals surface area (Å²) in [5, 5.41) is 1.41. The lowest BCUT2D eigenvalue weighted by Crippen LogP contribution is -2.51. The van der Waals surface area contributed by atoms with Crippen molar-refractivity contribution >= 4 is 21.4 Å². The number of likely N-dealkylation sites (tertiary alicyclic amines) is 1. The van der Waals surface area contributed by atoms with E-state index in [1.54, 1.807) is 4.88 Å². The summed E-state index contributed by atoms with van der Waals surface area (Å²) < 4.78 is 13.1. The number of nitrogens with zero attached hydrogens (tertiary/aromatic N) is 1. The Morgan fingerprint density at radius 1 is 0.962 bits per heavy atom. The Kier molecular flexibility index (Phi) is 4.78. The SMILES string of the molecule is c1ccc2sc(C3(N4CCCCC4)CCC(C4OCCO4)CC3)cc2c1. The number of benzene rings is 1. The van der Waals surface area contributed by atoms with Gasteiger partial charge >= 0.3 is 0 Å². The van der Waals surface area contributed by atoms with E-state index >= 15 is 0 Å². The number of thiophene rings is 1. The summed E-state index contributed by atoms with van der Waals surface area (Å²) in [6.45, 7) is 4.06. The molecule has 5 rings (SSSR count). The van der Waals surface area contributed by atoms with E-state index < -0.39 is 0 Å². The van der Waals surface area contributed by atoms with Crippen LogP contribution < -0.4 is 0 Å². The van der Waals surface area contributed by atoms with E-state index in [2.05, 4.69) is 35.2 Å². The van der Waals surface area contributed by atoms with Gasteiger partial charge < -0.3 is 9.47 Å². The van der Waals surface area contributed by atoms with Gasteiger partial charge in [0.15, 0.2) is 6.29 Å². The van der Waals surface area contributed by atoms with Gasteiger partial charge in [0.2, 0.25) is 0 Å². The molecule has 0 amide bonds. The summed E-state index contributed by atoms with van der Waals surface area (Å²) in [6, 6.07) is 11.4. The maximum Gasteiger partial charge on any atom is 0.160 e. The van der Waals surface area contributed by atoms with Crippen molar-refractivity contribution in [3.63, 3.8) is 0 Å². The van der Waals surface area contributed by atoms with E-state index in [0.29, 0.717) is 5.92 Å². The van der Waals surface area contributed by atoms with Gasteiger partial charge in [-0.2, -0.15) is 0 Å². The molecule has 1 aromatic heterocycles. The molecule has 26 heavy (non-hydrogen) atoms. The van der Waals surface area contributed by atoms with Crippen molar-refractivity contribution in [3.05, 3.63) is 35.2 Å². The van der Waals surface area contributed by atoms with E-state index in [1.807, 2.05) is 11.3 Å². The average molecular weight is 372 g/mol. The molecule has 1 aliphatic carbocycles. The molecule has 3 heterocycles. The molecule has 0 radical (unpaired) electrons. The van der Waals surface area contributed by atoms with E-state index in [-0.39, 0.29) is 11.8 Å². The molecule has 2 saturated heterocycles. The van der Waals surface area contributed by atoms with Crippen molar-refractivity contribution in [1.29, 1.82) is 0 Å². The van der Waals surface area contributed by atoms with Gasteiger partial charge in [0.25, 0.3) is 0 Å². The van der Waals surface area contributed by atoms with Gasteiger partial charge in [0, 0.05) is 15.5 Å². The molecule has 0 bridgehead atoms. The summed E-state index contributed by atoms with van der Waals surface area (Å²) in [7, 11) is 0. The number of rotatable bonds is 3. The first-order chi connectivity index (χ1) is 12.9. The summed E-state index contributed by atoms with van der Waals surface area (Å²) in [4.78, 5) is 4.42. The second-order valence-electron chi connectivity index (χ2n) is 8.18. The van der Waals surface area contributed by atoms with Gasteiger partial charge in [0.1, 0.15) is 0 Å². The van der Waals surface area contributed by atoms with E-state index in [9.17, 15) is 0 Å². The first-order valence-corrected chi connectivity index (χ1v) is 11.1. The Morgan fingerprint density at radius 2 is 1.69 bits per heavy atom. The fourth-order valence-corrected chi connectivity index (χ4v) is 6.63. The third-order valence-corrected chi connectivity index (χ3v) is 8.04. The molecule has 3 nitrogen and oxygen atoms in total. The molecule has 2 aliphatic heterocycles. The molecule has 4 heteroatoms. The van der Waals surface area contributed by atoms with Crippen molar-refractivity contribution < 1.29 is 9.47 Å². The molecule has 0 N–H and O–H groups in total. The minimum Gasteiger partial charge on any atom is -0.350 e. The normalized spacial score (nSPS) is 31.6. The number of fused-ring (bicyclic) bond motifs is 1. The van der Waals surface area contributed by atoms with E-state index in [0.717, 1.165) is 13.2 Å². The Labute approximate surface area is 160 Å². The summed E-state index contributed by atoms with van der Waals surface area (Å²) >= 11 is 2.03. The monoisotopic (exact) mass is 371 g/mol. The second-order valence-corrected chi connectivity index (χ2v) is 9.26. The zero-order valence-corrected chi connectivity index (χ0v) is 16.3. The highest BCUT2D eigenvalue weighted by atomic mass is 32.1. The zero-order chi connectivity index (χ0) is 17.4. The first kappa shape index (κ1) is 17.2. The Bertz CT molecular complexity index is 704. The predicted octanol–water partition coefficient (Wildman–Crippen LogP) is 5.15. The number of ether oxygens (including phenoxy) is 2. The van der Waals surface area contributed by atoms with Crippen LogP contribution >= 0.6 is 11.3 Å². The fourth-order valence-electron chi connectivity index (χ4n) is 5.29. The molecule has 140 valence electrons. The molecule has 0 unspecified atom stereocenters. The molecule has 3 fully saturated rings. The third-order valence-electron chi connectivity index (χ3n) is 6.74. The summed E-state index contributed by atoms with van der Waals surface area (Å²) in [6.07, 6.45) is 9.07. The lowest BCUT2D eigenvalue weighted by atomic mass is 9.73. The van der Waals surface area contributed by atoms with Crippen LogP contribution in [0.5, 0.6) is 0 Å². The van der Waals surface area contributed by atoms with Crippen LogP contribution in [0.3, 0.4) is 0 Å².